The second-order valence-electron chi connectivity index (χ2n) is 6.78. The summed E-state index contributed by atoms with van der Waals surface area (Å²) in [7, 11) is 1.57. The van der Waals surface area contributed by atoms with Crippen LogP contribution in [0.5, 0.6) is 11.5 Å². The highest BCUT2D eigenvalue weighted by Crippen LogP contribution is 2.34. The summed E-state index contributed by atoms with van der Waals surface area (Å²) >= 11 is 7.25. The lowest BCUT2D eigenvalue weighted by atomic mass is 10.2. The lowest BCUT2D eigenvalue weighted by Crippen LogP contribution is -2.12. The molecule has 8 heteroatoms. The van der Waals surface area contributed by atoms with E-state index in [1.165, 1.54) is 35.6 Å². The predicted molar refractivity (Wildman–Crippen MR) is 124 cm³/mol. The second-order valence-corrected chi connectivity index (χ2v) is 8.07. The Kier molecular flexibility index (Phi) is 6.68. The number of amides is 1. The molecule has 0 aliphatic heterocycles. The first kappa shape index (κ1) is 21.8. The number of benzene rings is 3. The average molecular weight is 469 g/mol. The second kappa shape index (κ2) is 9.80. The first-order chi connectivity index (χ1) is 15.5. The Balaban J connectivity index is 1.46. The van der Waals surface area contributed by atoms with E-state index in [1.54, 1.807) is 12.5 Å². The van der Waals surface area contributed by atoms with Crippen molar-refractivity contribution in [1.29, 1.82) is 0 Å². The van der Waals surface area contributed by atoms with Crippen LogP contribution in [0.25, 0.3) is 10.6 Å². The molecule has 0 saturated carbocycles. The number of hydrogen-bond acceptors (Lipinski definition) is 5. The van der Waals surface area contributed by atoms with Crippen molar-refractivity contribution in [3.05, 3.63) is 94.2 Å². The van der Waals surface area contributed by atoms with Crippen molar-refractivity contribution in [2.75, 3.05) is 12.4 Å². The van der Waals surface area contributed by atoms with Crippen molar-refractivity contribution in [2.45, 2.75) is 6.61 Å². The minimum atomic E-state index is -0.367. The summed E-state index contributed by atoms with van der Waals surface area (Å²) in [4.78, 5) is 16.9. The molecule has 32 heavy (non-hydrogen) atoms. The van der Waals surface area contributed by atoms with Gasteiger partial charge in [-0.1, -0.05) is 23.7 Å². The maximum absolute atomic E-state index is 13.0. The van der Waals surface area contributed by atoms with Gasteiger partial charge in [0.25, 0.3) is 5.91 Å². The van der Waals surface area contributed by atoms with Gasteiger partial charge in [-0.2, -0.15) is 0 Å². The molecule has 1 aromatic heterocycles. The van der Waals surface area contributed by atoms with Gasteiger partial charge in [0.15, 0.2) is 11.5 Å². The molecule has 0 atom stereocenters. The van der Waals surface area contributed by atoms with Crippen LogP contribution < -0.4 is 14.8 Å². The molecule has 4 aromatic rings. The summed E-state index contributed by atoms with van der Waals surface area (Å²) in [6, 6.07) is 18.5. The predicted octanol–water partition coefficient (Wildman–Crippen LogP) is 6.44. The molecule has 1 amide bonds. The standard InChI is InChI=1S/C24H18ClFN2O3S/c1-30-22-12-16(4-11-21(22)31-13-15-2-5-17(25)6-3-15)24-28-20(14-32-24)23(29)27-19-9-7-18(26)8-10-19/h2-12,14H,13H2,1H3,(H,27,29). The van der Waals surface area contributed by atoms with Crippen molar-refractivity contribution < 1.29 is 18.7 Å². The summed E-state index contributed by atoms with van der Waals surface area (Å²) in [6.45, 7) is 0.373. The van der Waals surface area contributed by atoms with Crippen molar-refractivity contribution in [3.63, 3.8) is 0 Å². The van der Waals surface area contributed by atoms with Gasteiger partial charge in [0.05, 0.1) is 7.11 Å². The molecule has 0 radical (unpaired) electrons. The number of hydrogen-bond donors (Lipinski definition) is 1. The Bertz CT molecular complexity index is 1230. The van der Waals surface area contributed by atoms with Crippen LogP contribution in [0.4, 0.5) is 10.1 Å². The van der Waals surface area contributed by atoms with E-state index in [2.05, 4.69) is 10.3 Å². The van der Waals surface area contributed by atoms with Gasteiger partial charge in [0.2, 0.25) is 0 Å². The van der Waals surface area contributed by atoms with Crippen LogP contribution in [0.3, 0.4) is 0 Å². The third-order valence-electron chi connectivity index (χ3n) is 4.56. The monoisotopic (exact) mass is 468 g/mol. The molecular weight excluding hydrogens is 451 g/mol. The first-order valence-electron chi connectivity index (χ1n) is 9.60. The summed E-state index contributed by atoms with van der Waals surface area (Å²) in [5.74, 6) is 0.420. The maximum atomic E-state index is 13.0. The van der Waals surface area contributed by atoms with E-state index in [9.17, 15) is 9.18 Å². The fourth-order valence-electron chi connectivity index (χ4n) is 2.90. The molecule has 5 nitrogen and oxygen atoms in total. The first-order valence-corrected chi connectivity index (χ1v) is 10.9. The average Bonchev–Trinajstić information content (AvgIpc) is 3.31. The number of anilines is 1. The minimum absolute atomic E-state index is 0.274. The number of rotatable bonds is 7. The largest absolute Gasteiger partial charge is 0.493 e. The van der Waals surface area contributed by atoms with Crippen LogP contribution in [-0.4, -0.2) is 18.0 Å². The molecule has 0 fully saturated rings. The number of methoxy groups -OCH3 is 1. The van der Waals surface area contributed by atoms with Crippen LogP contribution >= 0.6 is 22.9 Å². The number of nitrogens with one attached hydrogen (secondary N) is 1. The topological polar surface area (TPSA) is 60.5 Å². The zero-order chi connectivity index (χ0) is 22.5. The van der Waals surface area contributed by atoms with Gasteiger partial charge >= 0.3 is 0 Å². The number of aromatic nitrogens is 1. The van der Waals surface area contributed by atoms with Crippen LogP contribution in [-0.2, 0) is 6.61 Å². The van der Waals surface area contributed by atoms with Gasteiger partial charge in [0, 0.05) is 21.7 Å². The van der Waals surface area contributed by atoms with E-state index < -0.39 is 0 Å². The Morgan fingerprint density at radius 2 is 1.81 bits per heavy atom. The molecule has 0 aliphatic carbocycles. The molecule has 0 spiro atoms. The van der Waals surface area contributed by atoms with E-state index in [4.69, 9.17) is 21.1 Å². The molecule has 1 heterocycles. The van der Waals surface area contributed by atoms with E-state index in [0.717, 1.165) is 11.1 Å². The lowest BCUT2D eigenvalue weighted by molar-refractivity contribution is 0.102. The normalized spacial score (nSPS) is 10.6. The van der Waals surface area contributed by atoms with Crippen LogP contribution in [0.2, 0.25) is 5.02 Å². The van der Waals surface area contributed by atoms with Gasteiger partial charge < -0.3 is 14.8 Å². The zero-order valence-corrected chi connectivity index (χ0v) is 18.5. The number of carbonyl (C=O) groups excluding carboxylic acids is 1. The molecule has 0 aliphatic rings. The molecule has 162 valence electrons. The van der Waals surface area contributed by atoms with Crippen LogP contribution in [0.1, 0.15) is 16.1 Å². The number of halogens is 2. The molecule has 0 bridgehead atoms. The SMILES string of the molecule is COc1cc(-c2nc(C(=O)Nc3ccc(F)cc3)cs2)ccc1OCc1ccc(Cl)cc1. The third kappa shape index (κ3) is 5.25. The Morgan fingerprint density at radius 1 is 1.06 bits per heavy atom. The quantitative estimate of drug-likeness (QED) is 0.339. The van der Waals surface area contributed by atoms with E-state index in [0.29, 0.717) is 33.8 Å². The molecule has 1 N–H and O–H groups in total. The molecule has 4 rings (SSSR count). The third-order valence-corrected chi connectivity index (χ3v) is 5.70. The number of carbonyl (C=O) groups is 1. The summed E-state index contributed by atoms with van der Waals surface area (Å²) in [5, 5.41) is 5.71. The fourth-order valence-corrected chi connectivity index (χ4v) is 3.82. The highest BCUT2D eigenvalue weighted by molar-refractivity contribution is 7.13. The Labute approximate surface area is 193 Å². The van der Waals surface area contributed by atoms with Crippen molar-refractivity contribution in [1.82, 2.24) is 4.98 Å². The number of thiazole rings is 1. The van der Waals surface area contributed by atoms with Crippen LogP contribution in [0, 0.1) is 5.82 Å². The van der Waals surface area contributed by atoms with Crippen molar-refractivity contribution >= 4 is 34.5 Å². The van der Waals surface area contributed by atoms with Crippen molar-refractivity contribution in [2.24, 2.45) is 0 Å². The van der Waals surface area contributed by atoms with Gasteiger partial charge in [-0.15, -0.1) is 11.3 Å². The summed E-state index contributed by atoms with van der Waals surface area (Å²) in [6.07, 6.45) is 0. The summed E-state index contributed by atoms with van der Waals surface area (Å²) < 4.78 is 24.4. The highest BCUT2D eigenvalue weighted by atomic mass is 35.5. The minimum Gasteiger partial charge on any atom is -0.493 e. The molecule has 0 saturated heterocycles. The van der Waals surface area contributed by atoms with Gasteiger partial charge in [-0.3, -0.25) is 4.79 Å². The van der Waals surface area contributed by atoms with Gasteiger partial charge in [-0.25, -0.2) is 9.37 Å². The fraction of sp³-hybridized carbons (Fsp3) is 0.0833. The zero-order valence-electron chi connectivity index (χ0n) is 17.0. The number of nitrogens with zero attached hydrogens (tertiary/aromatic N) is 1. The van der Waals surface area contributed by atoms with Gasteiger partial charge in [0.1, 0.15) is 23.1 Å². The van der Waals surface area contributed by atoms with Crippen molar-refractivity contribution in [3.8, 4) is 22.1 Å². The lowest BCUT2D eigenvalue weighted by Gasteiger charge is -2.12. The summed E-state index contributed by atoms with van der Waals surface area (Å²) in [5.41, 5.74) is 2.55. The molecular formula is C24H18ClFN2O3S. The van der Waals surface area contributed by atoms with Crippen LogP contribution in [0.15, 0.2) is 72.1 Å². The Hall–Kier alpha value is -3.42. The molecule has 3 aromatic carbocycles. The smallest absolute Gasteiger partial charge is 0.275 e. The molecule has 0 unspecified atom stereocenters. The maximum Gasteiger partial charge on any atom is 0.275 e. The number of ether oxygens (including phenoxy) is 2. The van der Waals surface area contributed by atoms with E-state index in [-0.39, 0.29) is 17.4 Å². The van der Waals surface area contributed by atoms with E-state index >= 15 is 0 Å². The van der Waals surface area contributed by atoms with Gasteiger partial charge in [-0.05, 0) is 60.2 Å². The Morgan fingerprint density at radius 3 is 2.53 bits per heavy atom. The highest BCUT2D eigenvalue weighted by Gasteiger charge is 2.14. The van der Waals surface area contributed by atoms with E-state index in [1.807, 2.05) is 42.5 Å².